The van der Waals surface area contributed by atoms with Crippen LogP contribution in [0.5, 0.6) is 0 Å². The molecule has 1 aliphatic rings. The molecule has 96 valence electrons. The standard InChI is InChI=1S/C10H21ClN2O2S/c1-12-6-3-10(4-7-12)9-13(2)16(14,15)8-5-11/h10H,3-9H2,1-2H3. The van der Waals surface area contributed by atoms with Crippen molar-refractivity contribution in [1.82, 2.24) is 9.21 Å². The molecule has 6 heteroatoms. The highest BCUT2D eigenvalue weighted by molar-refractivity contribution is 7.89. The molecule has 0 bridgehead atoms. The normalized spacial score (nSPS) is 20.5. The van der Waals surface area contributed by atoms with E-state index < -0.39 is 10.0 Å². The Bertz CT molecular complexity index is 300. The minimum Gasteiger partial charge on any atom is -0.306 e. The van der Waals surface area contributed by atoms with Crippen LogP contribution in [0, 0.1) is 5.92 Å². The topological polar surface area (TPSA) is 40.6 Å². The number of alkyl halides is 1. The van der Waals surface area contributed by atoms with Crippen molar-refractivity contribution in [2.45, 2.75) is 12.8 Å². The first-order chi connectivity index (χ1) is 7.45. The molecule has 0 aromatic heterocycles. The molecule has 1 fully saturated rings. The van der Waals surface area contributed by atoms with Gasteiger partial charge < -0.3 is 4.90 Å². The van der Waals surface area contributed by atoms with Crippen molar-refractivity contribution >= 4 is 21.6 Å². The fourth-order valence-corrected chi connectivity index (χ4v) is 3.50. The van der Waals surface area contributed by atoms with Crippen LogP contribution in [0.1, 0.15) is 12.8 Å². The van der Waals surface area contributed by atoms with E-state index in [4.69, 9.17) is 11.6 Å². The van der Waals surface area contributed by atoms with E-state index in [1.54, 1.807) is 7.05 Å². The van der Waals surface area contributed by atoms with Gasteiger partial charge in [-0.1, -0.05) is 0 Å². The van der Waals surface area contributed by atoms with Crippen molar-refractivity contribution in [3.05, 3.63) is 0 Å². The number of halogens is 1. The highest BCUT2D eigenvalue weighted by Gasteiger charge is 2.23. The lowest BCUT2D eigenvalue weighted by atomic mass is 9.97. The third-order valence-corrected chi connectivity index (χ3v) is 5.40. The molecule has 0 saturated carbocycles. The maximum atomic E-state index is 11.7. The van der Waals surface area contributed by atoms with Gasteiger partial charge >= 0.3 is 0 Å². The highest BCUT2D eigenvalue weighted by Crippen LogP contribution is 2.18. The van der Waals surface area contributed by atoms with Crippen molar-refractivity contribution in [1.29, 1.82) is 0 Å². The SMILES string of the molecule is CN1CCC(CN(C)S(=O)(=O)CCCl)CC1. The number of nitrogens with zero attached hydrogens (tertiary/aromatic N) is 2. The molecule has 1 aliphatic heterocycles. The summed E-state index contributed by atoms with van der Waals surface area (Å²) in [6.07, 6.45) is 2.16. The summed E-state index contributed by atoms with van der Waals surface area (Å²) in [5.41, 5.74) is 0. The van der Waals surface area contributed by atoms with E-state index in [0.29, 0.717) is 12.5 Å². The van der Waals surface area contributed by atoms with Crippen molar-refractivity contribution in [2.75, 3.05) is 45.4 Å². The Morgan fingerprint density at radius 1 is 1.38 bits per heavy atom. The quantitative estimate of drug-likeness (QED) is 0.694. The molecule has 1 saturated heterocycles. The summed E-state index contributed by atoms with van der Waals surface area (Å²) >= 11 is 5.48. The Labute approximate surface area is 104 Å². The smallest absolute Gasteiger partial charge is 0.215 e. The Morgan fingerprint density at radius 3 is 2.44 bits per heavy atom. The minimum absolute atomic E-state index is 0.0394. The predicted molar refractivity (Wildman–Crippen MR) is 67.4 cm³/mol. The van der Waals surface area contributed by atoms with Gasteiger partial charge in [-0.3, -0.25) is 0 Å². The van der Waals surface area contributed by atoms with E-state index in [2.05, 4.69) is 11.9 Å². The van der Waals surface area contributed by atoms with Gasteiger partial charge in [0.15, 0.2) is 0 Å². The minimum atomic E-state index is -3.14. The van der Waals surface area contributed by atoms with Gasteiger partial charge in [-0.15, -0.1) is 11.6 Å². The number of hydrogen-bond donors (Lipinski definition) is 0. The Morgan fingerprint density at radius 2 is 1.94 bits per heavy atom. The number of hydrogen-bond acceptors (Lipinski definition) is 3. The molecule has 16 heavy (non-hydrogen) atoms. The third-order valence-electron chi connectivity index (χ3n) is 3.16. The highest BCUT2D eigenvalue weighted by atomic mass is 35.5. The third kappa shape index (κ3) is 4.20. The van der Waals surface area contributed by atoms with Crippen LogP contribution in [-0.4, -0.2) is 63.0 Å². The Balaban J connectivity index is 2.42. The summed E-state index contributed by atoms with van der Waals surface area (Å²) < 4.78 is 24.9. The van der Waals surface area contributed by atoms with Crippen LogP contribution in [0.15, 0.2) is 0 Å². The Hall–Kier alpha value is 0.160. The maximum Gasteiger partial charge on any atom is 0.215 e. The van der Waals surface area contributed by atoms with E-state index in [-0.39, 0.29) is 11.6 Å². The largest absolute Gasteiger partial charge is 0.306 e. The fraction of sp³-hybridized carbons (Fsp3) is 1.00. The van der Waals surface area contributed by atoms with E-state index in [9.17, 15) is 8.42 Å². The first kappa shape index (κ1) is 14.2. The van der Waals surface area contributed by atoms with Gasteiger partial charge in [-0.05, 0) is 38.9 Å². The van der Waals surface area contributed by atoms with Crippen molar-refractivity contribution in [3.63, 3.8) is 0 Å². The van der Waals surface area contributed by atoms with Crippen LogP contribution >= 0.6 is 11.6 Å². The van der Waals surface area contributed by atoms with E-state index >= 15 is 0 Å². The summed E-state index contributed by atoms with van der Waals surface area (Å²) in [5.74, 6) is 0.698. The van der Waals surface area contributed by atoms with Crippen LogP contribution < -0.4 is 0 Å². The van der Waals surface area contributed by atoms with Gasteiger partial charge in [-0.25, -0.2) is 12.7 Å². The molecular weight excluding hydrogens is 248 g/mol. The first-order valence-corrected chi connectivity index (χ1v) is 7.78. The molecule has 0 aromatic carbocycles. The van der Waals surface area contributed by atoms with Crippen molar-refractivity contribution in [2.24, 2.45) is 5.92 Å². The second kappa shape index (κ2) is 6.19. The lowest BCUT2D eigenvalue weighted by molar-refractivity contribution is 0.202. The molecule has 0 unspecified atom stereocenters. The average Bonchev–Trinajstić information content (AvgIpc) is 2.21. The van der Waals surface area contributed by atoms with Gasteiger partial charge in [0.25, 0.3) is 0 Å². The summed E-state index contributed by atoms with van der Waals surface area (Å²) in [6.45, 7) is 2.76. The molecule has 0 aromatic rings. The molecule has 0 amide bonds. The monoisotopic (exact) mass is 268 g/mol. The summed E-state index contributed by atoms with van der Waals surface area (Å²) in [5, 5.41) is 0. The molecule has 0 aliphatic carbocycles. The van der Waals surface area contributed by atoms with Gasteiger partial charge in [0.2, 0.25) is 10.0 Å². The zero-order valence-corrected chi connectivity index (χ0v) is 11.6. The van der Waals surface area contributed by atoms with Crippen LogP contribution in [0.4, 0.5) is 0 Å². The van der Waals surface area contributed by atoms with E-state index in [0.717, 1.165) is 25.9 Å². The zero-order chi connectivity index (χ0) is 12.2. The summed E-state index contributed by atoms with van der Waals surface area (Å²) in [6, 6.07) is 0. The van der Waals surface area contributed by atoms with Crippen molar-refractivity contribution in [3.8, 4) is 0 Å². The molecule has 0 radical (unpaired) electrons. The van der Waals surface area contributed by atoms with Crippen molar-refractivity contribution < 1.29 is 8.42 Å². The molecule has 4 nitrogen and oxygen atoms in total. The fourth-order valence-electron chi connectivity index (χ4n) is 1.98. The predicted octanol–water partition coefficient (Wildman–Crippen LogP) is 0.829. The molecule has 1 heterocycles. The number of likely N-dealkylation sites (tertiary alicyclic amines) is 1. The van der Waals surface area contributed by atoms with Crippen LogP contribution in [0.2, 0.25) is 0 Å². The lowest BCUT2D eigenvalue weighted by Crippen LogP contribution is -2.38. The Kier molecular flexibility index (Phi) is 5.50. The van der Waals surface area contributed by atoms with Gasteiger partial charge in [0.1, 0.15) is 0 Å². The summed E-state index contributed by atoms with van der Waals surface area (Å²) in [7, 11) is 0.619. The van der Waals surface area contributed by atoms with E-state index in [1.807, 2.05) is 0 Å². The molecule has 0 atom stereocenters. The van der Waals surface area contributed by atoms with Crippen LogP contribution in [0.25, 0.3) is 0 Å². The van der Waals surface area contributed by atoms with Gasteiger partial charge in [0.05, 0.1) is 5.75 Å². The van der Waals surface area contributed by atoms with Crippen LogP contribution in [-0.2, 0) is 10.0 Å². The van der Waals surface area contributed by atoms with E-state index in [1.165, 1.54) is 4.31 Å². The van der Waals surface area contributed by atoms with Gasteiger partial charge in [0, 0.05) is 19.5 Å². The van der Waals surface area contributed by atoms with Crippen LogP contribution in [0.3, 0.4) is 0 Å². The first-order valence-electron chi connectivity index (χ1n) is 5.64. The number of sulfonamides is 1. The maximum absolute atomic E-state index is 11.7. The lowest BCUT2D eigenvalue weighted by Gasteiger charge is -2.31. The molecular formula is C10H21ClN2O2S. The number of rotatable bonds is 5. The second-order valence-corrected chi connectivity index (χ2v) is 7.11. The second-order valence-electron chi connectivity index (χ2n) is 4.53. The average molecular weight is 269 g/mol. The molecule has 0 N–H and O–H groups in total. The number of piperidine rings is 1. The van der Waals surface area contributed by atoms with Gasteiger partial charge in [-0.2, -0.15) is 0 Å². The molecule has 1 rings (SSSR count). The zero-order valence-electron chi connectivity index (χ0n) is 10.0. The summed E-state index contributed by atoms with van der Waals surface area (Å²) in [4.78, 5) is 2.28. The molecule has 0 spiro atoms.